The lowest BCUT2D eigenvalue weighted by Gasteiger charge is -2.24. The van der Waals surface area contributed by atoms with Gasteiger partial charge in [-0.15, -0.1) is 11.3 Å². The van der Waals surface area contributed by atoms with Crippen LogP contribution in [0.15, 0.2) is 36.0 Å². The SMILES string of the molecule is C=C(NOCc1ccc(CCc2csc(C)n2)cc1F)NC(C)(C)C.NC=O. The van der Waals surface area contributed by atoms with E-state index in [1.807, 2.05) is 33.8 Å². The topological polar surface area (TPSA) is 89.3 Å². The summed E-state index contributed by atoms with van der Waals surface area (Å²) in [5.74, 6) is 0.284. The number of amides is 1. The Morgan fingerprint density at radius 1 is 1.39 bits per heavy atom. The Labute approximate surface area is 170 Å². The number of hydroxylamine groups is 1. The Morgan fingerprint density at radius 3 is 2.61 bits per heavy atom. The molecule has 1 aromatic heterocycles. The number of halogens is 1. The summed E-state index contributed by atoms with van der Waals surface area (Å²) in [7, 11) is 0. The van der Waals surface area contributed by atoms with Crippen LogP contribution >= 0.6 is 11.3 Å². The number of nitrogens with zero attached hydrogens (tertiary/aromatic N) is 1. The molecule has 6 nitrogen and oxygen atoms in total. The predicted molar refractivity (Wildman–Crippen MR) is 111 cm³/mol. The van der Waals surface area contributed by atoms with Gasteiger partial charge in [-0.05, 0) is 52.2 Å². The van der Waals surface area contributed by atoms with Crippen molar-refractivity contribution in [1.82, 2.24) is 15.8 Å². The number of nitrogens with two attached hydrogens (primary N) is 1. The van der Waals surface area contributed by atoms with Crippen molar-refractivity contribution in [2.24, 2.45) is 5.73 Å². The second-order valence-electron chi connectivity index (χ2n) is 7.16. The van der Waals surface area contributed by atoms with Gasteiger partial charge < -0.3 is 11.1 Å². The minimum Gasteiger partial charge on any atom is -0.372 e. The molecule has 0 atom stereocenters. The van der Waals surface area contributed by atoms with Crippen LogP contribution in [0.4, 0.5) is 4.39 Å². The number of benzene rings is 1. The molecule has 1 aromatic carbocycles. The van der Waals surface area contributed by atoms with E-state index in [1.54, 1.807) is 23.5 Å². The van der Waals surface area contributed by atoms with Crippen molar-refractivity contribution in [3.05, 3.63) is 63.6 Å². The highest BCUT2D eigenvalue weighted by atomic mass is 32.1. The number of aryl methyl sites for hydroxylation is 3. The molecule has 0 aliphatic carbocycles. The van der Waals surface area contributed by atoms with E-state index in [0.717, 1.165) is 29.1 Å². The van der Waals surface area contributed by atoms with E-state index in [9.17, 15) is 4.39 Å². The molecule has 0 saturated carbocycles. The van der Waals surface area contributed by atoms with E-state index in [4.69, 9.17) is 9.63 Å². The number of nitrogens with one attached hydrogen (secondary N) is 2. The van der Waals surface area contributed by atoms with E-state index in [2.05, 4.69) is 33.5 Å². The smallest absolute Gasteiger partial charge is 0.204 e. The number of hydrogen-bond donors (Lipinski definition) is 3. The molecule has 0 radical (unpaired) electrons. The molecular formula is C20H29FN4O2S. The number of primary amides is 1. The van der Waals surface area contributed by atoms with Gasteiger partial charge in [-0.3, -0.25) is 15.1 Å². The Hall–Kier alpha value is -2.45. The molecule has 2 aromatic rings. The summed E-state index contributed by atoms with van der Waals surface area (Å²) in [6.45, 7) is 12.0. The van der Waals surface area contributed by atoms with Gasteiger partial charge in [-0.1, -0.05) is 18.7 Å². The van der Waals surface area contributed by atoms with Gasteiger partial charge in [0.15, 0.2) is 0 Å². The van der Waals surface area contributed by atoms with Gasteiger partial charge in [0.2, 0.25) is 6.41 Å². The molecule has 0 aliphatic heterocycles. The zero-order valence-corrected chi connectivity index (χ0v) is 17.7. The fourth-order valence-electron chi connectivity index (χ4n) is 2.34. The third-order valence-electron chi connectivity index (χ3n) is 3.40. The van der Waals surface area contributed by atoms with Gasteiger partial charge in [0.05, 0.1) is 10.7 Å². The number of aromatic nitrogens is 1. The van der Waals surface area contributed by atoms with E-state index in [0.29, 0.717) is 11.4 Å². The van der Waals surface area contributed by atoms with E-state index in [1.165, 1.54) is 0 Å². The Morgan fingerprint density at radius 2 is 2.07 bits per heavy atom. The van der Waals surface area contributed by atoms with Gasteiger partial charge in [-0.2, -0.15) is 0 Å². The first-order valence-electron chi connectivity index (χ1n) is 8.83. The van der Waals surface area contributed by atoms with Crippen LogP contribution in [0.2, 0.25) is 0 Å². The van der Waals surface area contributed by atoms with Gasteiger partial charge in [0, 0.05) is 16.5 Å². The zero-order valence-electron chi connectivity index (χ0n) is 16.8. The maximum atomic E-state index is 14.2. The highest BCUT2D eigenvalue weighted by Crippen LogP contribution is 2.15. The summed E-state index contributed by atoms with van der Waals surface area (Å²) in [5.41, 5.74) is 9.27. The van der Waals surface area contributed by atoms with Crippen molar-refractivity contribution in [3.63, 3.8) is 0 Å². The van der Waals surface area contributed by atoms with Crippen molar-refractivity contribution in [2.75, 3.05) is 0 Å². The lowest BCUT2D eigenvalue weighted by molar-refractivity contribution is -0.106. The third kappa shape index (κ3) is 9.48. The van der Waals surface area contributed by atoms with E-state index < -0.39 is 0 Å². The summed E-state index contributed by atoms with van der Waals surface area (Å²) < 4.78 is 14.2. The molecule has 0 spiro atoms. The first-order valence-corrected chi connectivity index (χ1v) is 9.71. The van der Waals surface area contributed by atoms with Crippen LogP contribution < -0.4 is 16.5 Å². The van der Waals surface area contributed by atoms with Crippen molar-refractivity contribution in [2.45, 2.75) is 52.7 Å². The first-order chi connectivity index (χ1) is 13.1. The van der Waals surface area contributed by atoms with E-state index in [-0.39, 0.29) is 24.4 Å². The standard InChI is InChI=1S/C19H26FN3OS.CH3NO/c1-13(22-19(3,4)5)23-24-11-16-8-6-15(10-18(16)20)7-9-17-12-25-14(2)21-17;2-1-3/h6,8,10,12,22-23H,1,7,9,11H2,2-5H3;1H,(H2,2,3). The normalized spacial score (nSPS) is 10.6. The second-order valence-corrected chi connectivity index (χ2v) is 8.23. The highest BCUT2D eigenvalue weighted by Gasteiger charge is 2.10. The molecular weight excluding hydrogens is 379 g/mol. The van der Waals surface area contributed by atoms with Crippen LogP contribution in [-0.4, -0.2) is 16.9 Å². The van der Waals surface area contributed by atoms with Crippen molar-refractivity contribution in [1.29, 1.82) is 0 Å². The van der Waals surface area contributed by atoms with Crippen LogP contribution in [-0.2, 0) is 29.1 Å². The third-order valence-corrected chi connectivity index (χ3v) is 4.23. The van der Waals surface area contributed by atoms with Crippen LogP contribution in [0.25, 0.3) is 0 Å². The van der Waals surface area contributed by atoms with Crippen LogP contribution in [0.1, 0.15) is 42.6 Å². The molecule has 28 heavy (non-hydrogen) atoms. The van der Waals surface area contributed by atoms with Crippen LogP contribution in [0.3, 0.4) is 0 Å². The molecule has 0 unspecified atom stereocenters. The molecule has 0 fully saturated rings. The van der Waals surface area contributed by atoms with Crippen LogP contribution in [0, 0.1) is 12.7 Å². The molecule has 0 aliphatic rings. The maximum Gasteiger partial charge on any atom is 0.204 e. The molecule has 1 amide bonds. The lowest BCUT2D eigenvalue weighted by atomic mass is 10.1. The minimum absolute atomic E-state index is 0.115. The zero-order chi connectivity index (χ0) is 21.2. The summed E-state index contributed by atoms with van der Waals surface area (Å²) >= 11 is 1.64. The lowest BCUT2D eigenvalue weighted by Crippen LogP contribution is -2.39. The summed E-state index contributed by atoms with van der Waals surface area (Å²) in [6.07, 6.45) is 1.84. The van der Waals surface area contributed by atoms with Crippen molar-refractivity contribution < 1.29 is 14.0 Å². The largest absolute Gasteiger partial charge is 0.372 e. The van der Waals surface area contributed by atoms with Gasteiger partial charge in [0.1, 0.15) is 18.2 Å². The predicted octanol–water partition coefficient (Wildman–Crippen LogP) is 3.36. The Balaban J connectivity index is 0.00000122. The number of rotatable bonds is 8. The molecule has 154 valence electrons. The second kappa shape index (κ2) is 11.4. The number of carbonyl (C=O) groups is 1. The molecule has 2 rings (SSSR count). The molecule has 0 bridgehead atoms. The minimum atomic E-state index is -0.261. The number of carbonyl (C=O) groups excluding carboxylic acids is 1. The average Bonchev–Trinajstić information content (AvgIpc) is 2.99. The number of thiazole rings is 1. The monoisotopic (exact) mass is 408 g/mol. The van der Waals surface area contributed by atoms with Crippen molar-refractivity contribution >= 4 is 17.7 Å². The fraction of sp³-hybridized carbons (Fsp3) is 0.400. The maximum absolute atomic E-state index is 14.2. The molecule has 4 N–H and O–H groups in total. The Kier molecular flexibility index (Phi) is 9.61. The highest BCUT2D eigenvalue weighted by molar-refractivity contribution is 7.09. The average molecular weight is 409 g/mol. The van der Waals surface area contributed by atoms with Gasteiger partial charge in [0.25, 0.3) is 0 Å². The molecule has 8 heteroatoms. The summed E-state index contributed by atoms with van der Waals surface area (Å²) in [4.78, 5) is 18.3. The fourth-order valence-corrected chi connectivity index (χ4v) is 2.99. The van der Waals surface area contributed by atoms with Crippen LogP contribution in [0.5, 0.6) is 0 Å². The van der Waals surface area contributed by atoms with E-state index >= 15 is 0 Å². The Bertz CT molecular complexity index is 772. The number of hydrogen-bond acceptors (Lipinski definition) is 6. The summed E-state index contributed by atoms with van der Waals surface area (Å²) in [6, 6.07) is 5.27. The van der Waals surface area contributed by atoms with Crippen molar-refractivity contribution in [3.8, 4) is 0 Å². The first kappa shape index (κ1) is 23.6. The van der Waals surface area contributed by atoms with Gasteiger partial charge >= 0.3 is 0 Å². The molecule has 1 heterocycles. The quantitative estimate of drug-likeness (QED) is 0.460. The summed E-state index contributed by atoms with van der Waals surface area (Å²) in [5, 5.41) is 6.25. The molecule has 0 saturated heterocycles. The van der Waals surface area contributed by atoms with Gasteiger partial charge in [-0.25, -0.2) is 9.37 Å².